The quantitative estimate of drug-likeness (QED) is 0.618. The molecule has 5 heterocycles. The second-order valence-electron chi connectivity index (χ2n) is 10.3. The van der Waals surface area contributed by atoms with Gasteiger partial charge in [-0.05, 0) is 62.5 Å². The predicted molar refractivity (Wildman–Crippen MR) is 136 cm³/mol. The Morgan fingerprint density at radius 2 is 1.86 bits per heavy atom. The number of halogens is 1. The first-order valence-electron chi connectivity index (χ1n) is 12.5. The summed E-state index contributed by atoms with van der Waals surface area (Å²) >= 11 is 0. The van der Waals surface area contributed by atoms with Gasteiger partial charge in [0, 0.05) is 61.6 Å². The lowest BCUT2D eigenvalue weighted by molar-refractivity contribution is 0.178. The lowest BCUT2D eigenvalue weighted by Crippen LogP contribution is -2.37. The normalized spacial score (nSPS) is 24.9. The van der Waals surface area contributed by atoms with Crippen LogP contribution in [0.1, 0.15) is 12.8 Å². The van der Waals surface area contributed by atoms with E-state index < -0.39 is 0 Å². The highest BCUT2D eigenvalue weighted by Crippen LogP contribution is 2.39. The van der Waals surface area contributed by atoms with Crippen LogP contribution in [0.4, 0.5) is 15.9 Å². The summed E-state index contributed by atoms with van der Waals surface area (Å²) in [5, 5.41) is 10.7. The first-order chi connectivity index (χ1) is 17.0. The number of aromatic nitrogens is 2. The number of benzene rings is 1. The molecule has 0 radical (unpaired) electrons. The van der Waals surface area contributed by atoms with E-state index in [9.17, 15) is 9.50 Å². The molecule has 3 saturated heterocycles. The number of hydrogen-bond acceptors (Lipinski definition) is 7. The van der Waals surface area contributed by atoms with Gasteiger partial charge in [0.05, 0.1) is 24.4 Å². The molecule has 0 saturated carbocycles. The molecule has 3 aromatic rings. The van der Waals surface area contributed by atoms with Crippen molar-refractivity contribution in [2.45, 2.75) is 18.9 Å². The van der Waals surface area contributed by atoms with E-state index in [1.165, 1.54) is 13.5 Å². The van der Waals surface area contributed by atoms with Crippen LogP contribution in [0.15, 0.2) is 36.5 Å². The Hall–Kier alpha value is -2.97. The Bertz CT molecular complexity index is 1240. The van der Waals surface area contributed by atoms with E-state index in [0.717, 1.165) is 72.8 Å². The van der Waals surface area contributed by atoms with Crippen molar-refractivity contribution >= 4 is 22.4 Å². The lowest BCUT2D eigenvalue weighted by atomic mass is 9.89. The topological polar surface area (TPSA) is 65.0 Å². The molecule has 3 fully saturated rings. The average molecular weight is 478 g/mol. The highest BCUT2D eigenvalue weighted by Gasteiger charge is 2.37. The number of piperidine rings is 1. The van der Waals surface area contributed by atoms with Crippen molar-refractivity contribution in [2.75, 3.05) is 63.2 Å². The summed E-state index contributed by atoms with van der Waals surface area (Å²) in [5.41, 5.74) is 3.47. The van der Waals surface area contributed by atoms with Crippen LogP contribution < -0.4 is 14.5 Å². The van der Waals surface area contributed by atoms with Crippen molar-refractivity contribution in [1.82, 2.24) is 14.9 Å². The SMILES string of the molecule is COc1cc2nc(-c3ccc(N4CC[C@@H](O)C4)nc3)cc(N3CC4CCN(C)CC4C3)c2cc1F. The van der Waals surface area contributed by atoms with Crippen LogP contribution in [0.2, 0.25) is 0 Å². The fraction of sp³-hybridized carbons (Fsp3) is 0.481. The van der Waals surface area contributed by atoms with Crippen LogP contribution in [0, 0.1) is 17.7 Å². The van der Waals surface area contributed by atoms with Crippen LogP contribution >= 0.6 is 0 Å². The zero-order chi connectivity index (χ0) is 24.1. The number of rotatable bonds is 4. The fourth-order valence-corrected chi connectivity index (χ4v) is 6.00. The van der Waals surface area contributed by atoms with Gasteiger partial charge in [-0.15, -0.1) is 0 Å². The molecule has 0 amide bonds. The highest BCUT2D eigenvalue weighted by atomic mass is 19.1. The Kier molecular flexibility index (Phi) is 5.73. The molecule has 7 nitrogen and oxygen atoms in total. The summed E-state index contributed by atoms with van der Waals surface area (Å²) in [6.07, 6.45) is 3.52. The van der Waals surface area contributed by atoms with E-state index in [0.29, 0.717) is 18.4 Å². The number of β-amino-alcohol motifs (C(OH)–C–C–N with tert-alkyl or cyclic N) is 1. The van der Waals surface area contributed by atoms with Crippen LogP contribution in [0.25, 0.3) is 22.2 Å². The molecule has 2 unspecified atom stereocenters. The zero-order valence-corrected chi connectivity index (χ0v) is 20.3. The van der Waals surface area contributed by atoms with Crippen LogP contribution in [-0.4, -0.2) is 79.5 Å². The van der Waals surface area contributed by atoms with Gasteiger partial charge in [-0.25, -0.2) is 14.4 Å². The van der Waals surface area contributed by atoms with Crippen molar-refractivity contribution in [3.63, 3.8) is 0 Å². The number of likely N-dealkylation sites (tertiary alicyclic amines) is 1. The van der Waals surface area contributed by atoms with Gasteiger partial charge < -0.3 is 24.5 Å². The molecule has 8 heteroatoms. The van der Waals surface area contributed by atoms with E-state index in [1.807, 2.05) is 18.3 Å². The molecule has 35 heavy (non-hydrogen) atoms. The largest absolute Gasteiger partial charge is 0.494 e. The molecule has 3 aliphatic heterocycles. The first-order valence-corrected chi connectivity index (χ1v) is 12.5. The number of pyridine rings is 2. The summed E-state index contributed by atoms with van der Waals surface area (Å²) in [6.45, 7) is 5.62. The number of hydrogen-bond donors (Lipinski definition) is 1. The van der Waals surface area contributed by atoms with Crippen molar-refractivity contribution in [2.24, 2.45) is 11.8 Å². The lowest BCUT2D eigenvalue weighted by Gasteiger charge is -2.31. The van der Waals surface area contributed by atoms with Crippen molar-refractivity contribution in [1.29, 1.82) is 0 Å². The van der Waals surface area contributed by atoms with Gasteiger partial charge in [0.15, 0.2) is 11.6 Å². The highest BCUT2D eigenvalue weighted by molar-refractivity contribution is 5.95. The minimum absolute atomic E-state index is 0.200. The number of ether oxygens (including phenoxy) is 1. The summed E-state index contributed by atoms with van der Waals surface area (Å²) < 4.78 is 20.0. The van der Waals surface area contributed by atoms with Gasteiger partial charge in [-0.1, -0.05) is 0 Å². The fourth-order valence-electron chi connectivity index (χ4n) is 6.00. The van der Waals surface area contributed by atoms with Crippen LogP contribution in [0.3, 0.4) is 0 Å². The third-order valence-electron chi connectivity index (χ3n) is 7.94. The first kappa shape index (κ1) is 22.5. The van der Waals surface area contributed by atoms with Crippen molar-refractivity contribution in [3.8, 4) is 17.0 Å². The third-order valence-corrected chi connectivity index (χ3v) is 7.94. The second kappa shape index (κ2) is 8.91. The second-order valence-corrected chi connectivity index (χ2v) is 10.3. The summed E-state index contributed by atoms with van der Waals surface area (Å²) in [7, 11) is 3.68. The van der Waals surface area contributed by atoms with Crippen molar-refractivity contribution < 1.29 is 14.2 Å². The van der Waals surface area contributed by atoms with Gasteiger partial charge in [0.2, 0.25) is 0 Å². The van der Waals surface area contributed by atoms with Gasteiger partial charge in [-0.3, -0.25) is 0 Å². The van der Waals surface area contributed by atoms with Gasteiger partial charge in [-0.2, -0.15) is 0 Å². The molecule has 3 aliphatic rings. The molecule has 1 aromatic carbocycles. The Morgan fingerprint density at radius 1 is 1.00 bits per heavy atom. The third kappa shape index (κ3) is 4.19. The standard InChI is InChI=1S/C27H32FN5O2/c1-31-7-5-18-14-33(15-19(18)13-31)25-10-23(30-24-11-26(35-2)22(28)9-21(24)25)17-3-4-27(29-12-17)32-8-6-20(34)16-32/h3-4,9-12,18-20,34H,5-8,13-16H2,1-2H3/t18?,19?,20-/m1/s1. The average Bonchev–Trinajstić information content (AvgIpc) is 3.49. The predicted octanol–water partition coefficient (Wildman–Crippen LogP) is 3.40. The van der Waals surface area contributed by atoms with Crippen LogP contribution in [0.5, 0.6) is 5.75 Å². The smallest absolute Gasteiger partial charge is 0.165 e. The van der Waals surface area contributed by atoms with E-state index in [1.54, 1.807) is 12.1 Å². The number of anilines is 2. The van der Waals surface area contributed by atoms with Gasteiger partial charge in [0.1, 0.15) is 5.82 Å². The number of aliphatic hydroxyl groups excluding tert-OH is 1. The number of aliphatic hydroxyl groups is 1. The molecule has 0 aliphatic carbocycles. The summed E-state index contributed by atoms with van der Waals surface area (Å²) in [6, 6.07) is 9.37. The zero-order valence-electron chi connectivity index (χ0n) is 20.3. The van der Waals surface area contributed by atoms with Crippen molar-refractivity contribution in [3.05, 3.63) is 42.3 Å². The van der Waals surface area contributed by atoms with Crippen LogP contribution in [-0.2, 0) is 0 Å². The number of fused-ring (bicyclic) bond motifs is 2. The van der Waals surface area contributed by atoms with E-state index in [-0.39, 0.29) is 17.7 Å². The number of nitrogens with zero attached hydrogens (tertiary/aromatic N) is 5. The maximum absolute atomic E-state index is 14.8. The molecule has 3 atom stereocenters. The number of methoxy groups -OCH3 is 1. The Morgan fingerprint density at radius 3 is 2.60 bits per heavy atom. The Labute approximate surface area is 205 Å². The molecule has 0 bridgehead atoms. The summed E-state index contributed by atoms with van der Waals surface area (Å²) in [5.74, 6) is 1.98. The van der Waals surface area contributed by atoms with E-state index in [2.05, 4.69) is 32.8 Å². The Balaban J connectivity index is 1.39. The summed E-state index contributed by atoms with van der Waals surface area (Å²) in [4.78, 5) is 16.5. The minimum atomic E-state index is -0.369. The van der Waals surface area contributed by atoms with E-state index >= 15 is 0 Å². The molecule has 2 aromatic heterocycles. The maximum Gasteiger partial charge on any atom is 0.165 e. The van der Waals surface area contributed by atoms with Gasteiger partial charge in [0.25, 0.3) is 0 Å². The maximum atomic E-state index is 14.8. The molecule has 0 spiro atoms. The molecule has 1 N–H and O–H groups in total. The molecular weight excluding hydrogens is 445 g/mol. The molecule has 6 rings (SSSR count). The molecular formula is C27H32FN5O2. The molecule has 184 valence electrons. The van der Waals surface area contributed by atoms with Gasteiger partial charge >= 0.3 is 0 Å². The van der Waals surface area contributed by atoms with E-state index in [4.69, 9.17) is 9.72 Å². The minimum Gasteiger partial charge on any atom is -0.494 e. The monoisotopic (exact) mass is 477 g/mol.